The average Bonchev–Trinajstić information content (AvgIpc) is 2.74. The van der Waals surface area contributed by atoms with E-state index in [1.807, 2.05) is 20.8 Å². The van der Waals surface area contributed by atoms with Crippen LogP contribution in [0, 0.1) is 0 Å². The fourth-order valence-corrected chi connectivity index (χ4v) is 1.99. The Labute approximate surface area is 118 Å². The molecule has 1 atom stereocenters. The van der Waals surface area contributed by atoms with Gasteiger partial charge in [0.05, 0.1) is 12.6 Å². The molecule has 0 unspecified atom stereocenters. The molecule has 1 aromatic rings. The van der Waals surface area contributed by atoms with Crippen LogP contribution in [0.25, 0.3) is 0 Å². The van der Waals surface area contributed by atoms with E-state index in [0.29, 0.717) is 12.2 Å². The lowest BCUT2D eigenvalue weighted by atomic mass is 9.87. The highest BCUT2D eigenvalue weighted by Crippen LogP contribution is 2.26. The molecule has 0 fully saturated rings. The lowest BCUT2D eigenvalue weighted by Crippen LogP contribution is -2.37. The largest absolute Gasteiger partial charge is 0.392 e. The number of carbonyl (C=O) groups excluding carboxylic acids is 1. The van der Waals surface area contributed by atoms with Crippen molar-refractivity contribution in [1.82, 2.24) is 10.1 Å². The van der Waals surface area contributed by atoms with E-state index in [1.165, 1.54) is 4.90 Å². The van der Waals surface area contributed by atoms with Crippen LogP contribution in [0.2, 0.25) is 0 Å². The third-order valence-electron chi connectivity index (χ3n) is 2.74. The second kappa shape index (κ2) is 6.39. The molecule has 0 aliphatic heterocycles. The summed E-state index contributed by atoms with van der Waals surface area (Å²) in [7, 11) is 0. The van der Waals surface area contributed by atoms with Crippen LogP contribution < -0.4 is 0 Å². The van der Waals surface area contributed by atoms with E-state index in [-0.39, 0.29) is 23.7 Å². The highest BCUT2D eigenvalue weighted by atomic mass is 35.5. The Hall–Kier alpha value is -1.07. The molecule has 108 valence electrons. The highest BCUT2D eigenvalue weighted by molar-refractivity contribution is 6.27. The average molecular weight is 289 g/mol. The van der Waals surface area contributed by atoms with E-state index in [0.717, 1.165) is 5.56 Å². The van der Waals surface area contributed by atoms with Crippen molar-refractivity contribution in [3.05, 3.63) is 17.5 Å². The number of halogens is 1. The molecule has 0 saturated carbocycles. The second-order valence-electron chi connectivity index (χ2n) is 5.68. The summed E-state index contributed by atoms with van der Waals surface area (Å²) < 4.78 is 5.01. The van der Waals surface area contributed by atoms with Crippen molar-refractivity contribution >= 4 is 17.5 Å². The molecule has 0 aromatic carbocycles. The van der Waals surface area contributed by atoms with Crippen LogP contribution in [0.5, 0.6) is 0 Å². The number of alkyl halides is 1. The standard InChI is InChI=1S/C13H21ClN2O3/c1-9(17)6-16(12(18)5-14)7-11-10(8-19-15-11)13(2,3)4/h8-9,17H,5-7H2,1-4H3/t9-/m1/s1. The van der Waals surface area contributed by atoms with E-state index < -0.39 is 6.10 Å². The van der Waals surface area contributed by atoms with Gasteiger partial charge in [-0.3, -0.25) is 4.79 Å². The fourth-order valence-electron chi connectivity index (χ4n) is 1.82. The van der Waals surface area contributed by atoms with E-state index in [4.69, 9.17) is 16.1 Å². The molecule has 0 spiro atoms. The molecule has 1 aromatic heterocycles. The lowest BCUT2D eigenvalue weighted by molar-refractivity contribution is -0.130. The SMILES string of the molecule is C[C@@H](O)CN(Cc1nocc1C(C)(C)C)C(=O)CCl. The van der Waals surface area contributed by atoms with Crippen molar-refractivity contribution in [3.63, 3.8) is 0 Å². The Morgan fingerprint density at radius 2 is 2.21 bits per heavy atom. The molecular formula is C13H21ClN2O3. The van der Waals surface area contributed by atoms with E-state index >= 15 is 0 Å². The third-order valence-corrected chi connectivity index (χ3v) is 2.97. The lowest BCUT2D eigenvalue weighted by Gasteiger charge is -2.24. The van der Waals surface area contributed by atoms with Crippen molar-refractivity contribution in [1.29, 1.82) is 0 Å². The first-order chi connectivity index (χ1) is 8.75. The molecule has 0 aliphatic carbocycles. The molecule has 1 heterocycles. The number of rotatable bonds is 5. The molecule has 1 amide bonds. The van der Waals surface area contributed by atoms with E-state index in [1.54, 1.807) is 13.2 Å². The monoisotopic (exact) mass is 288 g/mol. The molecule has 0 radical (unpaired) electrons. The quantitative estimate of drug-likeness (QED) is 0.841. The molecule has 19 heavy (non-hydrogen) atoms. The highest BCUT2D eigenvalue weighted by Gasteiger charge is 2.24. The minimum Gasteiger partial charge on any atom is -0.392 e. The van der Waals surface area contributed by atoms with Gasteiger partial charge in [0.2, 0.25) is 5.91 Å². The summed E-state index contributed by atoms with van der Waals surface area (Å²) in [6.07, 6.45) is 0.985. The molecule has 1 rings (SSSR count). The summed E-state index contributed by atoms with van der Waals surface area (Å²) in [5.41, 5.74) is 1.53. The van der Waals surface area contributed by atoms with E-state index in [9.17, 15) is 9.90 Å². The molecule has 1 N–H and O–H groups in total. The van der Waals surface area contributed by atoms with Crippen molar-refractivity contribution in [2.24, 2.45) is 0 Å². The van der Waals surface area contributed by atoms with Crippen LogP contribution in [-0.4, -0.2) is 39.6 Å². The Bertz CT molecular complexity index is 424. The Balaban J connectivity index is 2.91. The number of hydrogen-bond acceptors (Lipinski definition) is 4. The first-order valence-electron chi connectivity index (χ1n) is 6.21. The van der Waals surface area contributed by atoms with Gasteiger partial charge in [-0.25, -0.2) is 0 Å². The molecule has 6 heteroatoms. The Morgan fingerprint density at radius 1 is 1.58 bits per heavy atom. The van der Waals surface area contributed by atoms with Crippen molar-refractivity contribution in [2.45, 2.75) is 45.8 Å². The van der Waals surface area contributed by atoms with Crippen LogP contribution in [-0.2, 0) is 16.8 Å². The van der Waals surface area contributed by atoms with Gasteiger partial charge in [0.15, 0.2) is 0 Å². The topological polar surface area (TPSA) is 66.6 Å². The summed E-state index contributed by atoms with van der Waals surface area (Å²) in [6, 6.07) is 0. The normalized spacial score (nSPS) is 13.4. The summed E-state index contributed by atoms with van der Waals surface area (Å²) in [4.78, 5) is 13.3. The van der Waals surface area contributed by atoms with Gasteiger partial charge in [-0.2, -0.15) is 0 Å². The molecule has 0 aliphatic rings. The maximum atomic E-state index is 11.8. The summed E-state index contributed by atoms with van der Waals surface area (Å²) in [6.45, 7) is 8.28. The van der Waals surface area contributed by atoms with Gasteiger partial charge < -0.3 is 14.5 Å². The number of aliphatic hydroxyl groups is 1. The second-order valence-corrected chi connectivity index (χ2v) is 5.95. The summed E-state index contributed by atoms with van der Waals surface area (Å²) >= 11 is 5.58. The maximum Gasteiger partial charge on any atom is 0.237 e. The molecule has 0 bridgehead atoms. The third kappa shape index (κ3) is 4.51. The zero-order valence-corrected chi connectivity index (χ0v) is 12.6. The zero-order valence-electron chi connectivity index (χ0n) is 11.8. The number of carbonyl (C=O) groups is 1. The maximum absolute atomic E-state index is 11.8. The van der Waals surface area contributed by atoms with Crippen LogP contribution in [0.4, 0.5) is 0 Å². The van der Waals surface area contributed by atoms with Gasteiger partial charge in [0, 0.05) is 12.1 Å². The zero-order chi connectivity index (χ0) is 14.6. The number of nitrogens with zero attached hydrogens (tertiary/aromatic N) is 2. The van der Waals surface area contributed by atoms with Gasteiger partial charge in [0.25, 0.3) is 0 Å². The smallest absolute Gasteiger partial charge is 0.237 e. The number of aliphatic hydroxyl groups excluding tert-OH is 1. The predicted molar refractivity (Wildman–Crippen MR) is 73.0 cm³/mol. The summed E-state index contributed by atoms with van der Waals surface area (Å²) in [5.74, 6) is -0.347. The summed E-state index contributed by atoms with van der Waals surface area (Å²) in [5, 5.41) is 13.4. The Morgan fingerprint density at radius 3 is 2.68 bits per heavy atom. The molecular weight excluding hydrogens is 268 g/mol. The van der Waals surface area contributed by atoms with Crippen LogP contribution >= 0.6 is 11.6 Å². The van der Waals surface area contributed by atoms with Crippen LogP contribution in [0.1, 0.15) is 39.0 Å². The fraction of sp³-hybridized carbons (Fsp3) is 0.692. The van der Waals surface area contributed by atoms with Crippen molar-refractivity contribution < 1.29 is 14.4 Å². The first-order valence-corrected chi connectivity index (χ1v) is 6.74. The molecule has 0 saturated heterocycles. The minimum atomic E-state index is -0.614. The van der Waals surface area contributed by atoms with Crippen LogP contribution in [0.3, 0.4) is 0 Å². The Kier molecular flexibility index (Phi) is 5.38. The van der Waals surface area contributed by atoms with Crippen molar-refractivity contribution in [2.75, 3.05) is 12.4 Å². The van der Waals surface area contributed by atoms with Gasteiger partial charge in [-0.15, -0.1) is 11.6 Å². The van der Waals surface area contributed by atoms with Crippen molar-refractivity contribution in [3.8, 4) is 0 Å². The van der Waals surface area contributed by atoms with Gasteiger partial charge in [-0.1, -0.05) is 25.9 Å². The number of aromatic nitrogens is 1. The minimum absolute atomic E-state index is 0.115. The predicted octanol–water partition coefficient (Wildman–Crippen LogP) is 1.92. The first kappa shape index (κ1) is 16.0. The van der Waals surface area contributed by atoms with Gasteiger partial charge >= 0.3 is 0 Å². The van der Waals surface area contributed by atoms with Crippen LogP contribution in [0.15, 0.2) is 10.8 Å². The van der Waals surface area contributed by atoms with E-state index in [2.05, 4.69) is 5.16 Å². The number of amides is 1. The van der Waals surface area contributed by atoms with Gasteiger partial charge in [0.1, 0.15) is 17.8 Å². The number of hydrogen-bond donors (Lipinski definition) is 1. The molecule has 5 nitrogen and oxygen atoms in total. The van der Waals surface area contributed by atoms with Gasteiger partial charge in [-0.05, 0) is 12.3 Å².